The van der Waals surface area contributed by atoms with E-state index in [0.29, 0.717) is 28.5 Å². The summed E-state index contributed by atoms with van der Waals surface area (Å²) in [5.41, 5.74) is 6.92. The third-order valence-corrected chi connectivity index (χ3v) is 6.12. The average Bonchev–Trinajstić information content (AvgIpc) is 3.29. The van der Waals surface area contributed by atoms with Crippen LogP contribution in [0.4, 0.5) is 14.9 Å². The lowest BCUT2D eigenvalue weighted by Gasteiger charge is -2.35. The van der Waals surface area contributed by atoms with Crippen LogP contribution in [-0.2, 0) is 0 Å². The molecule has 0 spiro atoms. The SMILES string of the molecule is CC1=C(c2nc(-c3ccc(F)cc3)no2)C(c2ccc(C)cc2)NC(=O)N1c1cc(C)cc(C)c1. The van der Waals surface area contributed by atoms with Crippen LogP contribution in [0, 0.1) is 26.6 Å². The van der Waals surface area contributed by atoms with Crippen molar-refractivity contribution in [2.45, 2.75) is 33.7 Å². The van der Waals surface area contributed by atoms with E-state index in [1.54, 1.807) is 17.0 Å². The summed E-state index contributed by atoms with van der Waals surface area (Å²) in [6.45, 7) is 7.90. The molecule has 0 fully saturated rings. The number of hydrogen-bond donors (Lipinski definition) is 1. The maximum absolute atomic E-state index is 13.4. The smallest absolute Gasteiger partial charge is 0.326 e. The van der Waals surface area contributed by atoms with E-state index in [9.17, 15) is 9.18 Å². The number of urea groups is 1. The summed E-state index contributed by atoms with van der Waals surface area (Å²) in [6.07, 6.45) is 0. The van der Waals surface area contributed by atoms with Crippen molar-refractivity contribution in [3.8, 4) is 11.4 Å². The monoisotopic (exact) mass is 468 g/mol. The van der Waals surface area contributed by atoms with Gasteiger partial charge in [0.1, 0.15) is 5.82 Å². The minimum Gasteiger partial charge on any atom is -0.334 e. The third kappa shape index (κ3) is 4.33. The molecule has 176 valence electrons. The molecule has 1 aromatic heterocycles. The Bertz CT molecular complexity index is 1420. The number of hydrogen-bond acceptors (Lipinski definition) is 4. The van der Waals surface area contributed by atoms with Crippen LogP contribution in [0.1, 0.15) is 41.1 Å². The highest BCUT2D eigenvalue weighted by Crippen LogP contribution is 2.39. The van der Waals surface area contributed by atoms with E-state index in [0.717, 1.165) is 27.9 Å². The Hall–Kier alpha value is -4.26. The van der Waals surface area contributed by atoms with Gasteiger partial charge in [0.25, 0.3) is 5.89 Å². The first kappa shape index (κ1) is 22.5. The molecule has 4 aromatic rings. The van der Waals surface area contributed by atoms with Gasteiger partial charge in [-0.05, 0) is 80.8 Å². The first-order valence-electron chi connectivity index (χ1n) is 11.4. The Morgan fingerprint density at radius 1 is 0.886 bits per heavy atom. The van der Waals surface area contributed by atoms with Crippen molar-refractivity contribution in [2.75, 3.05) is 4.90 Å². The number of allylic oxidation sites excluding steroid dienone is 1. The topological polar surface area (TPSA) is 71.3 Å². The summed E-state index contributed by atoms with van der Waals surface area (Å²) in [5, 5.41) is 7.27. The normalized spacial score (nSPS) is 16.0. The lowest BCUT2D eigenvalue weighted by atomic mass is 9.93. The molecule has 5 rings (SSSR count). The van der Waals surface area contributed by atoms with Crippen LogP contribution in [0.15, 0.2) is 77.0 Å². The fourth-order valence-electron chi connectivity index (χ4n) is 4.47. The van der Waals surface area contributed by atoms with Gasteiger partial charge in [-0.2, -0.15) is 4.98 Å². The van der Waals surface area contributed by atoms with E-state index >= 15 is 0 Å². The van der Waals surface area contributed by atoms with Crippen LogP contribution in [0.2, 0.25) is 0 Å². The van der Waals surface area contributed by atoms with Crippen LogP contribution < -0.4 is 10.2 Å². The predicted octanol–water partition coefficient (Wildman–Crippen LogP) is 6.50. The lowest BCUT2D eigenvalue weighted by Crippen LogP contribution is -2.46. The van der Waals surface area contributed by atoms with Crippen LogP contribution in [-0.4, -0.2) is 16.2 Å². The Kier molecular flexibility index (Phi) is 5.68. The molecule has 0 aliphatic carbocycles. The van der Waals surface area contributed by atoms with Crippen molar-refractivity contribution in [3.63, 3.8) is 0 Å². The number of amides is 2. The number of benzene rings is 3. The molecule has 1 N–H and O–H groups in total. The molecule has 6 nitrogen and oxygen atoms in total. The number of carbonyl (C=O) groups excluding carboxylic acids is 1. The number of halogens is 1. The Balaban J connectivity index is 1.66. The minimum absolute atomic E-state index is 0.236. The van der Waals surface area contributed by atoms with Gasteiger partial charge in [0.2, 0.25) is 5.82 Å². The molecule has 35 heavy (non-hydrogen) atoms. The van der Waals surface area contributed by atoms with Gasteiger partial charge < -0.3 is 9.84 Å². The molecule has 7 heteroatoms. The van der Waals surface area contributed by atoms with Crippen LogP contribution >= 0.6 is 0 Å². The van der Waals surface area contributed by atoms with Crippen LogP contribution in [0.25, 0.3) is 17.0 Å². The second-order valence-corrected chi connectivity index (χ2v) is 8.90. The maximum atomic E-state index is 13.4. The van der Waals surface area contributed by atoms with Crippen molar-refractivity contribution in [1.29, 1.82) is 0 Å². The molecule has 0 saturated carbocycles. The first-order chi connectivity index (χ1) is 16.8. The number of aryl methyl sites for hydroxylation is 3. The van der Waals surface area contributed by atoms with E-state index in [1.807, 2.05) is 64.1 Å². The second kappa shape index (κ2) is 8.83. The van der Waals surface area contributed by atoms with Crippen molar-refractivity contribution in [2.24, 2.45) is 0 Å². The molecule has 3 aromatic carbocycles. The average molecular weight is 469 g/mol. The van der Waals surface area contributed by atoms with Gasteiger partial charge >= 0.3 is 6.03 Å². The second-order valence-electron chi connectivity index (χ2n) is 8.90. The number of anilines is 1. The molecule has 0 bridgehead atoms. The van der Waals surface area contributed by atoms with E-state index < -0.39 is 6.04 Å². The third-order valence-electron chi connectivity index (χ3n) is 6.12. The zero-order valence-electron chi connectivity index (χ0n) is 20.0. The molecule has 2 amide bonds. The summed E-state index contributed by atoms with van der Waals surface area (Å²) in [5.74, 6) is 0.300. The highest BCUT2D eigenvalue weighted by Gasteiger charge is 2.36. The highest BCUT2D eigenvalue weighted by atomic mass is 19.1. The minimum atomic E-state index is -0.480. The molecule has 0 saturated heterocycles. The Morgan fingerprint density at radius 3 is 2.20 bits per heavy atom. The molecule has 1 unspecified atom stereocenters. The van der Waals surface area contributed by atoms with Gasteiger partial charge in [-0.1, -0.05) is 41.1 Å². The van der Waals surface area contributed by atoms with E-state index in [4.69, 9.17) is 4.52 Å². The molecule has 0 radical (unpaired) electrons. The number of aromatic nitrogens is 2. The number of nitrogens with zero attached hydrogens (tertiary/aromatic N) is 3. The molecular weight excluding hydrogens is 443 g/mol. The van der Waals surface area contributed by atoms with Crippen LogP contribution in [0.5, 0.6) is 0 Å². The summed E-state index contributed by atoms with van der Waals surface area (Å²) in [6, 6.07) is 19.2. The van der Waals surface area contributed by atoms with Gasteiger partial charge in [-0.15, -0.1) is 0 Å². The number of nitrogens with one attached hydrogen (secondary N) is 1. The molecule has 1 aliphatic heterocycles. The Labute approximate surface area is 203 Å². The first-order valence-corrected chi connectivity index (χ1v) is 11.4. The molecule has 1 atom stereocenters. The predicted molar refractivity (Wildman–Crippen MR) is 133 cm³/mol. The van der Waals surface area contributed by atoms with Crippen LogP contribution in [0.3, 0.4) is 0 Å². The highest BCUT2D eigenvalue weighted by molar-refractivity contribution is 6.01. The zero-order valence-corrected chi connectivity index (χ0v) is 20.0. The molecule has 1 aliphatic rings. The number of carbonyl (C=O) groups is 1. The molecular formula is C28H25FN4O2. The van der Waals surface area contributed by atoms with Gasteiger partial charge in [0.05, 0.1) is 17.3 Å². The van der Waals surface area contributed by atoms with E-state index in [-0.39, 0.29) is 11.8 Å². The Morgan fingerprint density at radius 2 is 1.54 bits per heavy atom. The van der Waals surface area contributed by atoms with Crippen molar-refractivity contribution in [1.82, 2.24) is 15.5 Å². The summed E-state index contributed by atoms with van der Waals surface area (Å²) < 4.78 is 19.1. The zero-order chi connectivity index (χ0) is 24.7. The van der Waals surface area contributed by atoms with Crippen molar-refractivity contribution in [3.05, 3.63) is 106 Å². The van der Waals surface area contributed by atoms with Crippen molar-refractivity contribution < 1.29 is 13.7 Å². The maximum Gasteiger partial charge on any atom is 0.326 e. The summed E-state index contributed by atoms with van der Waals surface area (Å²) in [4.78, 5) is 19.7. The fourth-order valence-corrected chi connectivity index (χ4v) is 4.47. The summed E-state index contributed by atoms with van der Waals surface area (Å²) in [7, 11) is 0. The standard InChI is InChI=1S/C28H25FN4O2/c1-16-5-7-20(8-6-16)25-24(27-31-26(32-35-27)21-9-11-22(29)12-10-21)19(4)33(28(34)30-25)23-14-17(2)13-18(3)15-23/h5-15,25H,1-4H3,(H,30,34). The van der Waals surface area contributed by atoms with Crippen molar-refractivity contribution >= 4 is 17.3 Å². The quantitative estimate of drug-likeness (QED) is 0.371. The van der Waals surface area contributed by atoms with Gasteiger partial charge in [-0.3, -0.25) is 4.90 Å². The van der Waals surface area contributed by atoms with E-state index in [1.165, 1.54) is 12.1 Å². The van der Waals surface area contributed by atoms with Gasteiger partial charge in [-0.25, -0.2) is 9.18 Å². The summed E-state index contributed by atoms with van der Waals surface area (Å²) >= 11 is 0. The van der Waals surface area contributed by atoms with E-state index in [2.05, 4.69) is 21.5 Å². The lowest BCUT2D eigenvalue weighted by molar-refractivity contribution is 0.244. The van der Waals surface area contributed by atoms with Gasteiger partial charge in [0.15, 0.2) is 0 Å². The number of rotatable bonds is 4. The largest absolute Gasteiger partial charge is 0.334 e. The van der Waals surface area contributed by atoms with Gasteiger partial charge in [0, 0.05) is 11.3 Å². The molecule has 2 heterocycles. The fraction of sp³-hybridized carbons (Fsp3) is 0.179.